The summed E-state index contributed by atoms with van der Waals surface area (Å²) in [6.45, 7) is 0.564. The van der Waals surface area contributed by atoms with Crippen molar-refractivity contribution in [2.24, 2.45) is 5.73 Å². The van der Waals surface area contributed by atoms with Crippen LogP contribution in [0.3, 0.4) is 0 Å². The molecular formula is C23H22Cl2N6O5. The summed E-state index contributed by atoms with van der Waals surface area (Å²) in [5, 5.41) is 21.9. The average molecular weight is 533 g/mol. The predicted molar refractivity (Wildman–Crippen MR) is 132 cm³/mol. The molecule has 0 unspecified atom stereocenters. The van der Waals surface area contributed by atoms with E-state index in [0.717, 1.165) is 10.9 Å². The largest absolute Gasteiger partial charge is 0.480 e. The number of aliphatic carboxylic acids is 1. The third-order valence-electron chi connectivity index (χ3n) is 5.94. The van der Waals surface area contributed by atoms with Gasteiger partial charge in [-0.05, 0) is 42.2 Å². The molecule has 0 saturated heterocycles. The smallest absolute Gasteiger partial charge is 0.326 e. The van der Waals surface area contributed by atoms with Crippen molar-refractivity contribution in [3.05, 3.63) is 62.8 Å². The number of amides is 4. The van der Waals surface area contributed by atoms with Gasteiger partial charge in [0, 0.05) is 30.6 Å². The number of primary amides is 1. The molecule has 0 fully saturated rings. The second-order valence-electron chi connectivity index (χ2n) is 8.28. The van der Waals surface area contributed by atoms with Gasteiger partial charge in [-0.25, -0.2) is 9.59 Å². The maximum absolute atomic E-state index is 13.1. The minimum atomic E-state index is -1.30. The highest BCUT2D eigenvalue weighted by Gasteiger charge is 2.29. The Morgan fingerprint density at radius 1 is 1.22 bits per heavy atom. The van der Waals surface area contributed by atoms with E-state index in [9.17, 15) is 24.3 Å². The number of fused-ring (bicyclic) bond motifs is 2. The molecule has 2 heterocycles. The number of H-pyrrole nitrogens is 1. The Hall–Kier alpha value is -3.83. The molecule has 13 heteroatoms. The van der Waals surface area contributed by atoms with Gasteiger partial charge >= 0.3 is 12.0 Å². The number of benzene rings is 2. The van der Waals surface area contributed by atoms with Crippen LogP contribution in [0.25, 0.3) is 10.9 Å². The molecule has 0 spiro atoms. The van der Waals surface area contributed by atoms with E-state index in [2.05, 4.69) is 20.8 Å². The molecule has 6 N–H and O–H groups in total. The van der Waals surface area contributed by atoms with Crippen LogP contribution in [0.2, 0.25) is 10.0 Å². The van der Waals surface area contributed by atoms with Crippen molar-refractivity contribution in [1.82, 2.24) is 25.7 Å². The van der Waals surface area contributed by atoms with E-state index in [4.69, 9.17) is 28.9 Å². The zero-order chi connectivity index (χ0) is 26.0. The standard InChI is InChI=1S/C23H22Cl2N6O5/c24-15-7-13-10-31(21(33)11-1-2-12-9-28-30-17(12)8-11)6-4-14(13)19(25)18(15)20(32)29-16(22(34)35)3-5-27-23(26)36/h1-2,7-9,16H,3-6,10H2,(H,28,30)(H,29,32)(H,34,35)(H3,26,27,36)/t16-/m0/s1. The van der Waals surface area contributed by atoms with Crippen molar-refractivity contribution < 1.29 is 24.3 Å². The molecule has 36 heavy (non-hydrogen) atoms. The molecule has 0 radical (unpaired) electrons. The molecule has 2 aromatic carbocycles. The van der Waals surface area contributed by atoms with Crippen molar-refractivity contribution in [3.8, 4) is 0 Å². The van der Waals surface area contributed by atoms with Gasteiger partial charge < -0.3 is 26.4 Å². The number of carbonyl (C=O) groups excluding carboxylic acids is 3. The summed E-state index contributed by atoms with van der Waals surface area (Å²) in [6, 6.07) is 4.76. The Balaban J connectivity index is 1.51. The lowest BCUT2D eigenvalue weighted by atomic mass is 9.95. The molecule has 3 aromatic rings. The first-order valence-electron chi connectivity index (χ1n) is 10.9. The topological polar surface area (TPSA) is 171 Å². The highest BCUT2D eigenvalue weighted by Crippen LogP contribution is 2.35. The Morgan fingerprint density at radius 3 is 2.72 bits per heavy atom. The maximum Gasteiger partial charge on any atom is 0.326 e. The van der Waals surface area contributed by atoms with Gasteiger partial charge in [-0.15, -0.1) is 0 Å². The monoisotopic (exact) mass is 532 g/mol. The molecule has 4 amide bonds. The quantitative estimate of drug-likeness (QED) is 0.312. The van der Waals surface area contributed by atoms with Crippen molar-refractivity contribution in [2.45, 2.75) is 25.4 Å². The fourth-order valence-electron chi connectivity index (χ4n) is 4.11. The van der Waals surface area contributed by atoms with Gasteiger partial charge in [0.25, 0.3) is 11.8 Å². The van der Waals surface area contributed by atoms with E-state index < -0.39 is 23.9 Å². The molecule has 1 aliphatic rings. The zero-order valence-electron chi connectivity index (χ0n) is 18.8. The lowest BCUT2D eigenvalue weighted by Crippen LogP contribution is -2.44. The maximum atomic E-state index is 13.1. The normalized spacial score (nSPS) is 13.7. The number of carboxylic acids is 1. The van der Waals surface area contributed by atoms with Crippen LogP contribution in [-0.4, -0.2) is 63.1 Å². The first-order chi connectivity index (χ1) is 17.2. The molecule has 1 aromatic heterocycles. The number of carboxylic acid groups (broad SMARTS) is 1. The summed E-state index contributed by atoms with van der Waals surface area (Å²) in [7, 11) is 0. The van der Waals surface area contributed by atoms with Gasteiger partial charge in [-0.3, -0.25) is 14.7 Å². The molecule has 1 atom stereocenters. The zero-order valence-corrected chi connectivity index (χ0v) is 20.3. The number of nitrogens with one attached hydrogen (secondary N) is 3. The van der Waals surface area contributed by atoms with Crippen molar-refractivity contribution >= 4 is 57.9 Å². The van der Waals surface area contributed by atoms with Gasteiger partial charge in [0.15, 0.2) is 0 Å². The van der Waals surface area contributed by atoms with Gasteiger partial charge in [0.1, 0.15) is 6.04 Å². The summed E-state index contributed by atoms with van der Waals surface area (Å²) in [5.41, 5.74) is 7.57. The third kappa shape index (κ3) is 5.21. The fourth-order valence-corrected chi connectivity index (χ4v) is 4.88. The van der Waals surface area contributed by atoms with Gasteiger partial charge in [0.05, 0.1) is 27.3 Å². The van der Waals surface area contributed by atoms with Gasteiger partial charge in [-0.1, -0.05) is 29.3 Å². The number of rotatable bonds is 7. The molecular weight excluding hydrogens is 511 g/mol. The molecule has 1 aliphatic heterocycles. The molecule has 4 rings (SSSR count). The van der Waals surface area contributed by atoms with Crippen LogP contribution in [0, 0.1) is 0 Å². The van der Waals surface area contributed by atoms with Crippen molar-refractivity contribution in [2.75, 3.05) is 13.1 Å². The summed E-state index contributed by atoms with van der Waals surface area (Å²) in [5.74, 6) is -2.21. The minimum Gasteiger partial charge on any atom is -0.480 e. The van der Waals surface area contributed by atoms with Crippen LogP contribution in [0.4, 0.5) is 4.79 Å². The van der Waals surface area contributed by atoms with Gasteiger partial charge in [0.2, 0.25) is 0 Å². The Labute approximate surface area is 214 Å². The summed E-state index contributed by atoms with van der Waals surface area (Å²) < 4.78 is 0. The van der Waals surface area contributed by atoms with E-state index in [-0.39, 0.29) is 41.0 Å². The van der Waals surface area contributed by atoms with Crippen LogP contribution in [0.5, 0.6) is 0 Å². The van der Waals surface area contributed by atoms with Crippen LogP contribution in [0.1, 0.15) is 38.3 Å². The van der Waals surface area contributed by atoms with Crippen LogP contribution < -0.4 is 16.4 Å². The first-order valence-corrected chi connectivity index (χ1v) is 11.7. The highest BCUT2D eigenvalue weighted by atomic mass is 35.5. The van der Waals surface area contributed by atoms with E-state index in [0.29, 0.717) is 29.7 Å². The number of nitrogens with two attached hydrogens (primary N) is 1. The summed E-state index contributed by atoms with van der Waals surface area (Å²) >= 11 is 12.9. The number of halogens is 2. The minimum absolute atomic E-state index is 0.0313. The Bertz CT molecular complexity index is 1370. The van der Waals surface area contributed by atoms with Crippen LogP contribution >= 0.6 is 23.2 Å². The van der Waals surface area contributed by atoms with E-state index >= 15 is 0 Å². The van der Waals surface area contributed by atoms with E-state index in [1.807, 2.05) is 6.07 Å². The predicted octanol–water partition coefficient (Wildman–Crippen LogP) is 2.31. The molecule has 0 saturated carbocycles. The Morgan fingerprint density at radius 2 is 2.00 bits per heavy atom. The Kier molecular flexibility index (Phi) is 7.32. The average Bonchev–Trinajstić information content (AvgIpc) is 3.30. The van der Waals surface area contributed by atoms with Crippen molar-refractivity contribution in [3.63, 3.8) is 0 Å². The van der Waals surface area contributed by atoms with E-state index in [1.165, 1.54) is 0 Å². The van der Waals surface area contributed by atoms with Crippen LogP contribution in [0.15, 0.2) is 30.5 Å². The number of aromatic nitrogens is 2. The number of hydrogen-bond donors (Lipinski definition) is 5. The second kappa shape index (κ2) is 10.4. The van der Waals surface area contributed by atoms with Crippen LogP contribution in [-0.2, 0) is 17.8 Å². The lowest BCUT2D eigenvalue weighted by Gasteiger charge is -2.30. The molecule has 188 valence electrons. The number of aromatic amines is 1. The molecule has 11 nitrogen and oxygen atoms in total. The molecule has 0 bridgehead atoms. The summed E-state index contributed by atoms with van der Waals surface area (Å²) in [6.07, 6.45) is 1.97. The molecule has 0 aliphatic carbocycles. The third-order valence-corrected chi connectivity index (χ3v) is 6.66. The number of hydrogen-bond acceptors (Lipinski definition) is 5. The second-order valence-corrected chi connectivity index (χ2v) is 9.06. The fraction of sp³-hybridized carbons (Fsp3) is 0.261. The van der Waals surface area contributed by atoms with Gasteiger partial charge in [-0.2, -0.15) is 5.10 Å². The van der Waals surface area contributed by atoms with Crippen molar-refractivity contribution in [1.29, 1.82) is 0 Å². The SMILES string of the molecule is NC(=O)NCC[C@H](NC(=O)c1c(Cl)cc2c(c1Cl)CCN(C(=O)c1ccc3cn[nH]c3c1)C2)C(=O)O. The number of urea groups is 1. The number of nitrogens with zero attached hydrogens (tertiary/aromatic N) is 2. The summed E-state index contributed by atoms with van der Waals surface area (Å²) in [4.78, 5) is 50.0. The van der Waals surface area contributed by atoms with E-state index in [1.54, 1.807) is 29.3 Å². The number of carbonyl (C=O) groups is 4. The first kappa shape index (κ1) is 25.3. The highest BCUT2D eigenvalue weighted by molar-refractivity contribution is 6.40. The lowest BCUT2D eigenvalue weighted by molar-refractivity contribution is -0.139.